The van der Waals surface area contributed by atoms with Crippen LogP contribution in [0.4, 0.5) is 0 Å². The van der Waals surface area contributed by atoms with Crippen molar-refractivity contribution in [3.05, 3.63) is 24.3 Å². The second-order valence-corrected chi connectivity index (χ2v) is 33.3. The minimum atomic E-state index is -4.97. The third-order valence-corrected chi connectivity index (χ3v) is 21.0. The summed E-state index contributed by atoms with van der Waals surface area (Å²) in [5.74, 6) is 0.234. The largest absolute Gasteiger partial charge is 0.472 e. The fourth-order valence-corrected chi connectivity index (χ4v) is 13.8. The Bertz CT molecular complexity index is 2070. The Hall–Kier alpha value is -2.46. The number of rotatable bonds is 79. The molecule has 0 aliphatic rings. The maximum Gasteiger partial charge on any atom is 0.472 e. The van der Waals surface area contributed by atoms with Crippen LogP contribution in [0, 0.1) is 17.8 Å². The SMILES string of the molecule is CCCCCC/C=C\C=C/CCCCCCCC(=O)O[C@H](COC(=O)CCCCCCCCCCC(C)CC)COP(=O)(O)OC[C@H](O)COP(=O)(O)OC[C@@H](COC(=O)CCCCCCCCCCCCCCCC(C)C)OC(=O)CCCCCCCCCCCCCCCCCCC(C)C. The Labute approximate surface area is 624 Å². The van der Waals surface area contributed by atoms with E-state index in [-0.39, 0.29) is 25.7 Å². The number of aliphatic hydroxyl groups is 1. The van der Waals surface area contributed by atoms with E-state index in [1.807, 2.05) is 0 Å². The van der Waals surface area contributed by atoms with Crippen LogP contribution >= 0.6 is 15.6 Å². The normalized spacial score (nSPS) is 14.4. The first-order chi connectivity index (χ1) is 49.3. The Morgan fingerprint density at radius 2 is 0.578 bits per heavy atom. The molecule has 0 bridgehead atoms. The van der Waals surface area contributed by atoms with Gasteiger partial charge in [0.15, 0.2) is 12.2 Å². The molecule has 0 saturated carbocycles. The van der Waals surface area contributed by atoms with Gasteiger partial charge in [-0.15, -0.1) is 0 Å². The molecule has 0 saturated heterocycles. The number of hydrogen-bond donors (Lipinski definition) is 3. The highest BCUT2D eigenvalue weighted by Crippen LogP contribution is 2.45. The molecule has 19 heteroatoms. The van der Waals surface area contributed by atoms with Crippen molar-refractivity contribution in [2.45, 2.75) is 426 Å². The van der Waals surface area contributed by atoms with Gasteiger partial charge in [0.05, 0.1) is 26.4 Å². The van der Waals surface area contributed by atoms with Gasteiger partial charge in [-0.05, 0) is 69.1 Å². The topological polar surface area (TPSA) is 237 Å². The lowest BCUT2D eigenvalue weighted by atomic mass is 9.99. The van der Waals surface area contributed by atoms with Gasteiger partial charge in [0.2, 0.25) is 0 Å². The molecule has 0 rings (SSSR count). The average Bonchev–Trinajstić information content (AvgIpc) is 0.926. The third-order valence-electron chi connectivity index (χ3n) is 19.1. The lowest BCUT2D eigenvalue weighted by Crippen LogP contribution is -2.30. The summed E-state index contributed by atoms with van der Waals surface area (Å²) < 4.78 is 68.8. The number of ether oxygens (including phenoxy) is 4. The number of allylic oxidation sites excluding steroid dienone is 4. The number of carbonyl (C=O) groups is 4. The van der Waals surface area contributed by atoms with E-state index in [0.717, 1.165) is 120 Å². The Morgan fingerprint density at radius 3 is 0.873 bits per heavy atom. The van der Waals surface area contributed by atoms with Gasteiger partial charge in [-0.25, -0.2) is 9.13 Å². The second kappa shape index (κ2) is 72.7. The summed E-state index contributed by atoms with van der Waals surface area (Å²) in [5.41, 5.74) is 0. The zero-order valence-electron chi connectivity index (χ0n) is 66.6. The molecule has 17 nitrogen and oxygen atoms in total. The number of unbranched alkanes of at least 4 members (excludes halogenated alkanes) is 43. The molecule has 3 unspecified atom stereocenters. The van der Waals surface area contributed by atoms with Crippen LogP contribution in [0.3, 0.4) is 0 Å². The van der Waals surface area contributed by atoms with Crippen LogP contribution in [-0.4, -0.2) is 96.7 Å². The van der Waals surface area contributed by atoms with Gasteiger partial charge in [0, 0.05) is 25.7 Å². The van der Waals surface area contributed by atoms with Crippen LogP contribution in [0.5, 0.6) is 0 Å². The Kier molecular flexibility index (Phi) is 71.0. The standard InChI is InChI=1S/C83H158O17P2/c1-8-10-11-12-13-14-15-16-19-25-31-36-45-52-59-66-83(88)100-79(71-94-81(86)65-58-51-44-39-38-42-49-56-63-76(7)9-2)73-98-102(91,92)96-69-77(84)68-95-101(89,90)97-72-78(70-93-80(85)64-57-50-43-35-30-27-22-24-29-34-41-48-55-62-75(5)6)99-82(87)67-60-53-46-37-32-26-21-18-17-20-23-28-33-40-47-54-61-74(3)4/h14-16,19,74-79,84H,8-13,17-18,20-73H2,1-7H3,(H,89,90)(H,91,92)/b15-14-,19-16-/t76?,77-,78-,79-/m1/s1. The van der Waals surface area contributed by atoms with Crippen LogP contribution in [-0.2, 0) is 65.4 Å². The number of phosphoric acid groups is 2. The van der Waals surface area contributed by atoms with Gasteiger partial charge in [0.1, 0.15) is 19.3 Å². The van der Waals surface area contributed by atoms with Crippen LogP contribution in [0.1, 0.15) is 408 Å². The van der Waals surface area contributed by atoms with E-state index in [9.17, 15) is 43.2 Å². The molecule has 0 heterocycles. The summed E-state index contributed by atoms with van der Waals surface area (Å²) in [6.07, 6.45) is 64.5. The van der Waals surface area contributed by atoms with Gasteiger partial charge >= 0.3 is 39.5 Å². The van der Waals surface area contributed by atoms with Crippen molar-refractivity contribution in [1.82, 2.24) is 0 Å². The highest BCUT2D eigenvalue weighted by atomic mass is 31.2. The first-order valence-corrected chi connectivity index (χ1v) is 45.2. The number of hydrogen-bond acceptors (Lipinski definition) is 15. The maximum atomic E-state index is 13.1. The number of esters is 4. The minimum absolute atomic E-state index is 0.0845. The van der Waals surface area contributed by atoms with E-state index in [1.54, 1.807) is 0 Å². The third kappa shape index (κ3) is 74.4. The molecule has 0 spiro atoms. The van der Waals surface area contributed by atoms with Crippen LogP contribution in [0.25, 0.3) is 0 Å². The van der Waals surface area contributed by atoms with Gasteiger partial charge < -0.3 is 33.8 Å². The highest BCUT2D eigenvalue weighted by Gasteiger charge is 2.30. The van der Waals surface area contributed by atoms with Crippen molar-refractivity contribution in [2.24, 2.45) is 17.8 Å². The van der Waals surface area contributed by atoms with E-state index >= 15 is 0 Å². The van der Waals surface area contributed by atoms with Gasteiger partial charge in [-0.3, -0.25) is 37.3 Å². The average molecular weight is 1490 g/mol. The van der Waals surface area contributed by atoms with E-state index in [1.165, 1.54) is 205 Å². The molecular weight excluding hydrogens is 1330 g/mol. The molecule has 602 valence electrons. The zero-order valence-corrected chi connectivity index (χ0v) is 68.4. The van der Waals surface area contributed by atoms with Gasteiger partial charge in [0.25, 0.3) is 0 Å². The van der Waals surface area contributed by atoms with Crippen molar-refractivity contribution < 1.29 is 80.2 Å². The lowest BCUT2D eigenvalue weighted by Gasteiger charge is -2.21. The molecule has 0 aromatic rings. The van der Waals surface area contributed by atoms with E-state index in [0.29, 0.717) is 25.7 Å². The van der Waals surface area contributed by atoms with Crippen molar-refractivity contribution in [3.63, 3.8) is 0 Å². The van der Waals surface area contributed by atoms with E-state index in [2.05, 4.69) is 72.8 Å². The fourth-order valence-electron chi connectivity index (χ4n) is 12.3. The smallest absolute Gasteiger partial charge is 0.462 e. The van der Waals surface area contributed by atoms with Crippen molar-refractivity contribution in [3.8, 4) is 0 Å². The lowest BCUT2D eigenvalue weighted by molar-refractivity contribution is -0.161. The molecule has 0 radical (unpaired) electrons. The Balaban J connectivity index is 5.30. The van der Waals surface area contributed by atoms with Crippen molar-refractivity contribution in [1.29, 1.82) is 0 Å². The monoisotopic (exact) mass is 1490 g/mol. The molecule has 102 heavy (non-hydrogen) atoms. The molecule has 0 aromatic carbocycles. The predicted molar refractivity (Wildman–Crippen MR) is 418 cm³/mol. The molecule has 0 aliphatic heterocycles. The molecule has 0 aromatic heterocycles. The minimum Gasteiger partial charge on any atom is -0.462 e. The number of phosphoric ester groups is 2. The van der Waals surface area contributed by atoms with Gasteiger partial charge in [-0.1, -0.05) is 355 Å². The second-order valence-electron chi connectivity index (χ2n) is 30.4. The first kappa shape index (κ1) is 99.5. The Morgan fingerprint density at radius 1 is 0.324 bits per heavy atom. The summed E-state index contributed by atoms with van der Waals surface area (Å²) in [4.78, 5) is 73.1. The first-order valence-electron chi connectivity index (χ1n) is 42.2. The summed E-state index contributed by atoms with van der Waals surface area (Å²) in [5, 5.41) is 10.7. The van der Waals surface area contributed by atoms with Crippen LogP contribution in [0.2, 0.25) is 0 Å². The fraction of sp³-hybridized carbons (Fsp3) is 0.904. The molecule has 6 atom stereocenters. The summed E-state index contributed by atoms with van der Waals surface area (Å²) >= 11 is 0. The van der Waals surface area contributed by atoms with Crippen molar-refractivity contribution in [2.75, 3.05) is 39.6 Å². The zero-order chi connectivity index (χ0) is 75.1. The molecule has 0 fully saturated rings. The maximum absolute atomic E-state index is 13.1. The molecule has 0 amide bonds. The van der Waals surface area contributed by atoms with Gasteiger partial charge in [-0.2, -0.15) is 0 Å². The quantitative estimate of drug-likeness (QED) is 0.0169. The highest BCUT2D eigenvalue weighted by molar-refractivity contribution is 7.47. The molecule has 0 aliphatic carbocycles. The number of carbonyl (C=O) groups excluding carboxylic acids is 4. The molecular formula is C83H158O17P2. The summed E-state index contributed by atoms with van der Waals surface area (Å²) in [6.45, 7) is 11.9. The summed E-state index contributed by atoms with van der Waals surface area (Å²) in [6, 6.07) is 0. The van der Waals surface area contributed by atoms with Crippen LogP contribution < -0.4 is 0 Å². The predicted octanol–water partition coefficient (Wildman–Crippen LogP) is 24.5. The van der Waals surface area contributed by atoms with E-state index in [4.69, 9.17) is 37.0 Å². The summed E-state index contributed by atoms with van der Waals surface area (Å²) in [7, 11) is -9.94. The molecule has 3 N–H and O–H groups in total. The number of aliphatic hydroxyl groups excluding tert-OH is 1. The van der Waals surface area contributed by atoms with Crippen LogP contribution in [0.15, 0.2) is 24.3 Å². The van der Waals surface area contributed by atoms with Crippen molar-refractivity contribution >= 4 is 39.5 Å². The van der Waals surface area contributed by atoms with E-state index < -0.39 is 97.5 Å².